The van der Waals surface area contributed by atoms with E-state index >= 15 is 0 Å². The van der Waals surface area contributed by atoms with Crippen LogP contribution in [0.15, 0.2) is 72.8 Å². The van der Waals surface area contributed by atoms with Crippen LogP contribution in [0, 0.1) is 0 Å². The lowest BCUT2D eigenvalue weighted by atomic mass is 10.00. The van der Waals surface area contributed by atoms with Gasteiger partial charge in [0, 0.05) is 0 Å². The van der Waals surface area contributed by atoms with Crippen molar-refractivity contribution < 1.29 is 0 Å². The Hall–Kier alpha value is -2.28. The number of rotatable bonds is 0. The molecule has 0 bridgehead atoms. The molecule has 0 atom stereocenters. The van der Waals surface area contributed by atoms with Crippen LogP contribution >= 0.6 is 0 Å². The van der Waals surface area contributed by atoms with Crippen molar-refractivity contribution >= 4 is 40.7 Å². The summed E-state index contributed by atoms with van der Waals surface area (Å²) in [5.74, 6) is 0. The van der Waals surface area contributed by atoms with Crippen molar-refractivity contribution in [3.05, 3.63) is 72.8 Å². The van der Waals surface area contributed by atoms with E-state index in [0.29, 0.717) is 0 Å². The molecule has 19 heavy (non-hydrogen) atoms. The summed E-state index contributed by atoms with van der Waals surface area (Å²) in [7, 11) is 0. The van der Waals surface area contributed by atoms with Gasteiger partial charge in [-0.1, -0.05) is 48.5 Å². The van der Waals surface area contributed by atoms with Gasteiger partial charge in [-0.05, 0) is 56.6 Å². The molecule has 1 heteroatoms. The Kier molecular flexibility index (Phi) is 2.75. The molecule has 4 rings (SSSR count). The molecule has 0 unspecified atom stereocenters. The molecule has 0 radical (unpaired) electrons. The molecular formula is C18H15B. The average Bonchev–Trinajstić information content (AvgIpc) is 2.42. The van der Waals surface area contributed by atoms with Crippen molar-refractivity contribution in [3.63, 3.8) is 0 Å². The Morgan fingerprint density at radius 1 is 0.368 bits per heavy atom. The van der Waals surface area contributed by atoms with Crippen molar-refractivity contribution in [2.24, 2.45) is 0 Å². The highest BCUT2D eigenvalue weighted by molar-refractivity contribution is 6.04. The first-order chi connectivity index (χ1) is 8.90. The first-order valence-corrected chi connectivity index (χ1v) is 6.21. The van der Waals surface area contributed by atoms with Gasteiger partial charge in [-0.2, -0.15) is 0 Å². The third kappa shape index (κ3) is 1.88. The fourth-order valence-corrected chi connectivity index (χ4v) is 2.63. The summed E-state index contributed by atoms with van der Waals surface area (Å²) < 4.78 is 0. The van der Waals surface area contributed by atoms with Crippen LogP contribution in [0.5, 0.6) is 0 Å². The van der Waals surface area contributed by atoms with E-state index in [2.05, 4.69) is 72.8 Å². The molecule has 0 saturated carbocycles. The molecular weight excluding hydrogens is 227 g/mol. The highest BCUT2D eigenvalue weighted by Gasteiger charge is 2.00. The monoisotopic (exact) mass is 242 g/mol. The van der Waals surface area contributed by atoms with Gasteiger partial charge in [0.25, 0.3) is 0 Å². The number of hydrogen-bond acceptors (Lipinski definition) is 0. The fraction of sp³-hybridized carbons (Fsp3) is 0. The van der Waals surface area contributed by atoms with Gasteiger partial charge in [0.05, 0.1) is 8.41 Å². The summed E-state index contributed by atoms with van der Waals surface area (Å²) in [5, 5.41) is 7.85. The van der Waals surface area contributed by atoms with E-state index in [1.807, 2.05) is 0 Å². The summed E-state index contributed by atoms with van der Waals surface area (Å²) in [6.45, 7) is 0. The SMILES string of the molecule is B.c1ccc2cc3cc4ccccc4cc3cc2c1. The maximum Gasteiger partial charge on any atom is 0.0814 e. The Morgan fingerprint density at radius 2 is 0.632 bits per heavy atom. The third-order valence-corrected chi connectivity index (χ3v) is 3.57. The normalized spacial score (nSPS) is 10.7. The largest absolute Gasteiger partial charge is 0.0814 e. The molecule has 0 aliphatic heterocycles. The van der Waals surface area contributed by atoms with Gasteiger partial charge < -0.3 is 0 Å². The summed E-state index contributed by atoms with van der Waals surface area (Å²) in [6.07, 6.45) is 0. The van der Waals surface area contributed by atoms with Gasteiger partial charge in [-0.25, -0.2) is 0 Å². The lowest BCUT2D eigenvalue weighted by molar-refractivity contribution is 1.77. The molecule has 0 nitrogen and oxygen atoms in total. The quantitative estimate of drug-likeness (QED) is 0.323. The van der Waals surface area contributed by atoms with E-state index in [4.69, 9.17) is 0 Å². The van der Waals surface area contributed by atoms with Crippen molar-refractivity contribution in [2.75, 3.05) is 0 Å². The minimum Gasteiger partial charge on any atom is -0.0616 e. The van der Waals surface area contributed by atoms with Gasteiger partial charge in [-0.3, -0.25) is 0 Å². The molecule has 0 fully saturated rings. The van der Waals surface area contributed by atoms with Crippen LogP contribution in [0.1, 0.15) is 0 Å². The lowest BCUT2D eigenvalue weighted by Crippen LogP contribution is -1.78. The summed E-state index contributed by atoms with van der Waals surface area (Å²) in [5.41, 5.74) is 0. The van der Waals surface area contributed by atoms with Crippen LogP contribution in [0.4, 0.5) is 0 Å². The second kappa shape index (κ2) is 4.44. The van der Waals surface area contributed by atoms with E-state index in [9.17, 15) is 0 Å². The summed E-state index contributed by atoms with van der Waals surface area (Å²) >= 11 is 0. The van der Waals surface area contributed by atoms with Crippen LogP contribution in [-0.4, -0.2) is 8.41 Å². The van der Waals surface area contributed by atoms with Crippen molar-refractivity contribution in [3.8, 4) is 0 Å². The highest BCUT2D eigenvalue weighted by atomic mass is 14.0. The topological polar surface area (TPSA) is 0 Å². The van der Waals surface area contributed by atoms with E-state index < -0.39 is 0 Å². The predicted molar refractivity (Wildman–Crippen MR) is 88.9 cm³/mol. The zero-order chi connectivity index (χ0) is 11.9. The molecule has 0 heterocycles. The maximum absolute atomic E-state index is 2.27. The van der Waals surface area contributed by atoms with Gasteiger partial charge in [0.2, 0.25) is 0 Å². The number of fused-ring (bicyclic) bond motifs is 3. The van der Waals surface area contributed by atoms with Crippen molar-refractivity contribution in [2.45, 2.75) is 0 Å². The van der Waals surface area contributed by atoms with E-state index in [-0.39, 0.29) is 8.41 Å². The molecule has 0 saturated heterocycles. The van der Waals surface area contributed by atoms with Crippen LogP contribution in [0.3, 0.4) is 0 Å². The van der Waals surface area contributed by atoms with Crippen molar-refractivity contribution in [1.82, 2.24) is 0 Å². The summed E-state index contributed by atoms with van der Waals surface area (Å²) in [4.78, 5) is 0. The van der Waals surface area contributed by atoms with Crippen LogP contribution in [-0.2, 0) is 0 Å². The predicted octanol–water partition coefficient (Wildman–Crippen LogP) is 3.96. The van der Waals surface area contributed by atoms with Gasteiger partial charge in [-0.15, -0.1) is 0 Å². The highest BCUT2D eigenvalue weighted by Crippen LogP contribution is 2.27. The molecule has 0 spiro atoms. The zero-order valence-corrected chi connectivity index (χ0v) is 9.93. The minimum absolute atomic E-state index is 0. The Bertz CT molecular complexity index is 734. The number of hydrogen-bond donors (Lipinski definition) is 0. The smallest absolute Gasteiger partial charge is 0.0616 e. The first kappa shape index (κ1) is 11.8. The molecule has 4 aromatic rings. The number of benzene rings is 4. The molecule has 4 aromatic carbocycles. The second-order valence-corrected chi connectivity index (χ2v) is 4.75. The van der Waals surface area contributed by atoms with Crippen LogP contribution in [0.25, 0.3) is 32.3 Å². The van der Waals surface area contributed by atoms with Gasteiger partial charge in [0.15, 0.2) is 0 Å². The average molecular weight is 242 g/mol. The van der Waals surface area contributed by atoms with E-state index in [0.717, 1.165) is 0 Å². The maximum atomic E-state index is 2.27. The molecule has 90 valence electrons. The molecule has 0 N–H and O–H groups in total. The molecule has 0 amide bonds. The Morgan fingerprint density at radius 3 is 0.895 bits per heavy atom. The molecule has 0 aromatic heterocycles. The van der Waals surface area contributed by atoms with Gasteiger partial charge >= 0.3 is 0 Å². The molecule has 0 aliphatic rings. The van der Waals surface area contributed by atoms with Crippen molar-refractivity contribution in [1.29, 1.82) is 0 Å². The zero-order valence-electron chi connectivity index (χ0n) is 9.93. The van der Waals surface area contributed by atoms with Crippen LogP contribution in [0.2, 0.25) is 0 Å². The fourth-order valence-electron chi connectivity index (χ4n) is 2.63. The Balaban J connectivity index is 0.00000110. The Labute approximate surface area is 114 Å². The second-order valence-electron chi connectivity index (χ2n) is 4.75. The lowest BCUT2D eigenvalue weighted by Gasteiger charge is -2.04. The summed E-state index contributed by atoms with van der Waals surface area (Å²) in [6, 6.07) is 26.2. The minimum atomic E-state index is 0. The standard InChI is InChI=1S/C18H12.BH3/c1-2-6-14-10-18-12-16-8-4-3-7-15(16)11-17(18)9-13(14)5-1;/h1-12H;1H3. The van der Waals surface area contributed by atoms with E-state index in [1.54, 1.807) is 0 Å². The first-order valence-electron chi connectivity index (χ1n) is 6.21. The van der Waals surface area contributed by atoms with Crippen LogP contribution < -0.4 is 0 Å². The molecule has 0 aliphatic carbocycles. The van der Waals surface area contributed by atoms with Gasteiger partial charge in [0.1, 0.15) is 0 Å². The van der Waals surface area contributed by atoms with E-state index in [1.165, 1.54) is 32.3 Å². The third-order valence-electron chi connectivity index (χ3n) is 3.57.